The second kappa shape index (κ2) is 7.75. The van der Waals surface area contributed by atoms with Crippen molar-refractivity contribution in [3.05, 3.63) is 35.2 Å². The van der Waals surface area contributed by atoms with Crippen LogP contribution in [0.1, 0.15) is 31.2 Å². The number of benzene rings is 1. The van der Waals surface area contributed by atoms with Crippen molar-refractivity contribution < 1.29 is 4.79 Å². The number of carbonyl (C=O) groups excluding carboxylic acids is 1. The van der Waals surface area contributed by atoms with Gasteiger partial charge in [0.15, 0.2) is 0 Å². The lowest BCUT2D eigenvalue weighted by molar-refractivity contribution is -0.121. The van der Waals surface area contributed by atoms with Crippen LogP contribution in [-0.2, 0) is 11.2 Å². The number of thiophene rings is 1. The molecule has 1 aromatic carbocycles. The highest BCUT2D eigenvalue weighted by molar-refractivity contribution is 7.17. The topological polar surface area (TPSA) is 41.1 Å². The molecule has 1 amide bonds. The van der Waals surface area contributed by atoms with Gasteiger partial charge in [0.1, 0.15) is 0 Å². The maximum Gasteiger partial charge on any atom is 0.220 e. The molecular formula is C18H24N2OS. The van der Waals surface area contributed by atoms with E-state index in [-0.39, 0.29) is 5.91 Å². The molecule has 118 valence electrons. The van der Waals surface area contributed by atoms with Crippen LogP contribution in [0.5, 0.6) is 0 Å². The number of piperidine rings is 1. The summed E-state index contributed by atoms with van der Waals surface area (Å²) in [5.74, 6) is 0.936. The smallest absolute Gasteiger partial charge is 0.220 e. The fourth-order valence-electron chi connectivity index (χ4n) is 3.16. The molecule has 1 saturated heterocycles. The molecule has 1 fully saturated rings. The SMILES string of the molecule is O=C(CCC1CCNCC1)NCCc1csc2ccccc12. The molecule has 1 aliphatic heterocycles. The van der Waals surface area contributed by atoms with Crippen LogP contribution in [0.3, 0.4) is 0 Å². The van der Waals surface area contributed by atoms with E-state index >= 15 is 0 Å². The predicted molar refractivity (Wildman–Crippen MR) is 93.4 cm³/mol. The monoisotopic (exact) mass is 316 g/mol. The van der Waals surface area contributed by atoms with E-state index in [1.165, 1.54) is 28.5 Å². The lowest BCUT2D eigenvalue weighted by atomic mass is 9.93. The van der Waals surface area contributed by atoms with Gasteiger partial charge >= 0.3 is 0 Å². The van der Waals surface area contributed by atoms with E-state index in [4.69, 9.17) is 0 Å². The predicted octanol–water partition coefficient (Wildman–Crippen LogP) is 3.34. The van der Waals surface area contributed by atoms with E-state index in [0.717, 1.165) is 38.4 Å². The van der Waals surface area contributed by atoms with Crippen LogP contribution >= 0.6 is 11.3 Å². The van der Waals surface area contributed by atoms with E-state index in [1.807, 2.05) is 0 Å². The quantitative estimate of drug-likeness (QED) is 0.858. The lowest BCUT2D eigenvalue weighted by Gasteiger charge is -2.22. The number of fused-ring (bicyclic) bond motifs is 1. The fourth-order valence-corrected chi connectivity index (χ4v) is 4.15. The van der Waals surface area contributed by atoms with Crippen molar-refractivity contribution in [2.24, 2.45) is 5.92 Å². The molecule has 0 atom stereocenters. The molecule has 0 radical (unpaired) electrons. The average Bonchev–Trinajstić information content (AvgIpc) is 2.97. The summed E-state index contributed by atoms with van der Waals surface area (Å²) in [4.78, 5) is 12.0. The largest absolute Gasteiger partial charge is 0.356 e. The Kier molecular flexibility index (Phi) is 5.46. The van der Waals surface area contributed by atoms with Crippen molar-refractivity contribution in [1.82, 2.24) is 10.6 Å². The number of hydrogen-bond donors (Lipinski definition) is 2. The van der Waals surface area contributed by atoms with Crippen molar-refractivity contribution in [1.29, 1.82) is 0 Å². The third kappa shape index (κ3) is 4.08. The third-order valence-corrected chi connectivity index (χ3v) is 5.53. The molecule has 0 saturated carbocycles. The summed E-state index contributed by atoms with van der Waals surface area (Å²) >= 11 is 1.78. The van der Waals surface area contributed by atoms with Gasteiger partial charge in [0.05, 0.1) is 0 Å². The number of rotatable bonds is 6. The molecule has 2 N–H and O–H groups in total. The molecule has 0 unspecified atom stereocenters. The fraction of sp³-hybridized carbons (Fsp3) is 0.500. The summed E-state index contributed by atoms with van der Waals surface area (Å²) < 4.78 is 1.33. The zero-order chi connectivity index (χ0) is 15.2. The molecule has 0 aliphatic carbocycles. The van der Waals surface area contributed by atoms with E-state index in [2.05, 4.69) is 40.3 Å². The van der Waals surface area contributed by atoms with Crippen molar-refractivity contribution in [2.45, 2.75) is 32.1 Å². The molecule has 0 bridgehead atoms. The van der Waals surface area contributed by atoms with Crippen molar-refractivity contribution in [3.63, 3.8) is 0 Å². The van der Waals surface area contributed by atoms with Crippen molar-refractivity contribution >= 4 is 27.3 Å². The molecule has 3 nitrogen and oxygen atoms in total. The first kappa shape index (κ1) is 15.5. The van der Waals surface area contributed by atoms with Crippen LogP contribution in [0, 0.1) is 5.92 Å². The lowest BCUT2D eigenvalue weighted by Crippen LogP contribution is -2.30. The first-order valence-corrected chi connectivity index (χ1v) is 9.13. The van der Waals surface area contributed by atoms with Crippen LogP contribution in [0.25, 0.3) is 10.1 Å². The van der Waals surface area contributed by atoms with Gasteiger partial charge in [-0.15, -0.1) is 11.3 Å². The van der Waals surface area contributed by atoms with Gasteiger partial charge in [0, 0.05) is 17.7 Å². The second-order valence-electron chi connectivity index (χ2n) is 6.09. The minimum Gasteiger partial charge on any atom is -0.356 e. The van der Waals surface area contributed by atoms with E-state index in [0.29, 0.717) is 6.42 Å². The van der Waals surface area contributed by atoms with Gasteiger partial charge < -0.3 is 10.6 Å². The Bertz CT molecular complexity index is 616. The van der Waals surface area contributed by atoms with E-state index in [1.54, 1.807) is 11.3 Å². The van der Waals surface area contributed by atoms with Crippen LogP contribution < -0.4 is 10.6 Å². The summed E-state index contributed by atoms with van der Waals surface area (Å²) in [6, 6.07) is 8.47. The third-order valence-electron chi connectivity index (χ3n) is 4.52. The molecule has 2 heterocycles. The minimum atomic E-state index is 0.207. The summed E-state index contributed by atoms with van der Waals surface area (Å²) in [5.41, 5.74) is 1.35. The van der Waals surface area contributed by atoms with Gasteiger partial charge in [0.2, 0.25) is 5.91 Å². The van der Waals surface area contributed by atoms with Crippen LogP contribution in [0.4, 0.5) is 0 Å². The molecular weight excluding hydrogens is 292 g/mol. The zero-order valence-corrected chi connectivity index (χ0v) is 13.8. The highest BCUT2D eigenvalue weighted by Crippen LogP contribution is 2.25. The molecule has 1 aromatic heterocycles. The molecule has 1 aliphatic rings. The van der Waals surface area contributed by atoms with E-state index < -0.39 is 0 Å². The van der Waals surface area contributed by atoms with Crippen LogP contribution in [0.2, 0.25) is 0 Å². The van der Waals surface area contributed by atoms with Crippen LogP contribution in [-0.4, -0.2) is 25.5 Å². The highest BCUT2D eigenvalue weighted by Gasteiger charge is 2.14. The Labute approximate surface area is 136 Å². The Morgan fingerprint density at radius 1 is 1.27 bits per heavy atom. The summed E-state index contributed by atoms with van der Waals surface area (Å²) in [6.45, 7) is 2.96. The Morgan fingerprint density at radius 2 is 2.09 bits per heavy atom. The minimum absolute atomic E-state index is 0.207. The summed E-state index contributed by atoms with van der Waals surface area (Å²) in [6.07, 6.45) is 5.06. The van der Waals surface area contributed by atoms with Gasteiger partial charge in [0.25, 0.3) is 0 Å². The number of hydrogen-bond acceptors (Lipinski definition) is 3. The molecule has 3 rings (SSSR count). The summed E-state index contributed by atoms with van der Waals surface area (Å²) in [7, 11) is 0. The number of amides is 1. The molecule has 4 heteroatoms. The van der Waals surface area contributed by atoms with Gasteiger partial charge in [-0.2, -0.15) is 0 Å². The molecule has 0 spiro atoms. The van der Waals surface area contributed by atoms with E-state index in [9.17, 15) is 4.79 Å². The molecule has 22 heavy (non-hydrogen) atoms. The first-order chi connectivity index (χ1) is 10.8. The maximum atomic E-state index is 12.0. The van der Waals surface area contributed by atoms with Gasteiger partial charge in [-0.1, -0.05) is 18.2 Å². The van der Waals surface area contributed by atoms with Crippen LogP contribution in [0.15, 0.2) is 29.6 Å². The van der Waals surface area contributed by atoms with Gasteiger partial charge in [-0.05, 0) is 67.1 Å². The van der Waals surface area contributed by atoms with Crippen molar-refractivity contribution in [2.75, 3.05) is 19.6 Å². The Hall–Kier alpha value is -1.39. The first-order valence-electron chi connectivity index (χ1n) is 8.25. The zero-order valence-electron chi connectivity index (χ0n) is 12.9. The normalized spacial score (nSPS) is 16.0. The number of carbonyl (C=O) groups is 1. The van der Waals surface area contributed by atoms with Gasteiger partial charge in [-0.3, -0.25) is 4.79 Å². The second-order valence-corrected chi connectivity index (χ2v) is 7.00. The Balaban J connectivity index is 1.40. The maximum absolute atomic E-state index is 12.0. The molecule has 2 aromatic rings. The number of nitrogens with one attached hydrogen (secondary N) is 2. The summed E-state index contributed by atoms with van der Waals surface area (Å²) in [5, 5.41) is 9.99. The average molecular weight is 316 g/mol. The highest BCUT2D eigenvalue weighted by atomic mass is 32.1. The van der Waals surface area contributed by atoms with Gasteiger partial charge in [-0.25, -0.2) is 0 Å². The Morgan fingerprint density at radius 3 is 2.95 bits per heavy atom. The van der Waals surface area contributed by atoms with Crippen molar-refractivity contribution in [3.8, 4) is 0 Å². The standard InChI is InChI=1S/C18H24N2OS/c21-18(6-5-14-7-10-19-11-8-14)20-12-9-15-13-22-17-4-2-1-3-16(15)17/h1-4,13-14,19H,5-12H2,(H,20,21).